The number of hydrogen-bond acceptors (Lipinski definition) is 3. The molecule has 2 aliphatic rings. The van der Waals surface area contributed by atoms with Gasteiger partial charge in [-0.2, -0.15) is 5.10 Å². The number of anilines is 1. The van der Waals surface area contributed by atoms with Gasteiger partial charge in [-0.1, -0.05) is 12.1 Å². The van der Waals surface area contributed by atoms with Crippen molar-refractivity contribution in [3.63, 3.8) is 0 Å². The van der Waals surface area contributed by atoms with E-state index in [9.17, 15) is 9.18 Å². The summed E-state index contributed by atoms with van der Waals surface area (Å²) in [5.41, 5.74) is 5.17. The van der Waals surface area contributed by atoms with Crippen molar-refractivity contribution in [3.8, 4) is 5.69 Å². The molecule has 1 N–H and O–H groups in total. The number of benzene rings is 2. The van der Waals surface area contributed by atoms with Crippen molar-refractivity contribution in [2.75, 3.05) is 5.32 Å². The fraction of sp³-hybridized carbons (Fsp3) is 0.273. The van der Waals surface area contributed by atoms with Gasteiger partial charge in [-0.3, -0.25) is 4.79 Å². The molecule has 0 unspecified atom stereocenters. The number of para-hydroxylation sites is 1. The molecule has 6 heteroatoms. The van der Waals surface area contributed by atoms with Gasteiger partial charge in [0.05, 0.1) is 16.9 Å². The van der Waals surface area contributed by atoms with Gasteiger partial charge < -0.3 is 10.2 Å². The number of fused-ring (bicyclic) bond motifs is 1. The van der Waals surface area contributed by atoms with Crippen LogP contribution in [0.5, 0.6) is 0 Å². The highest BCUT2D eigenvalue weighted by atomic mass is 19.1. The summed E-state index contributed by atoms with van der Waals surface area (Å²) in [7, 11) is 0. The van der Waals surface area contributed by atoms with Gasteiger partial charge in [-0.25, -0.2) is 9.07 Å². The van der Waals surface area contributed by atoms with Crippen molar-refractivity contribution in [1.82, 2.24) is 14.7 Å². The molecule has 0 spiro atoms. The summed E-state index contributed by atoms with van der Waals surface area (Å²) in [6.07, 6.45) is 1.79. The number of hydrogen-bond donors (Lipinski definition) is 1. The van der Waals surface area contributed by atoms with Gasteiger partial charge in [0.15, 0.2) is 0 Å². The second kappa shape index (κ2) is 6.19. The Balaban J connectivity index is 1.62. The van der Waals surface area contributed by atoms with Gasteiger partial charge in [0, 0.05) is 23.0 Å². The minimum atomic E-state index is -0.276. The van der Waals surface area contributed by atoms with E-state index in [0.29, 0.717) is 5.56 Å². The van der Waals surface area contributed by atoms with Crippen LogP contribution in [0.2, 0.25) is 0 Å². The Morgan fingerprint density at radius 1 is 1.07 bits per heavy atom. The lowest BCUT2D eigenvalue weighted by Crippen LogP contribution is -2.44. The number of nitrogens with one attached hydrogen (secondary N) is 1. The second-order valence-electron chi connectivity index (χ2n) is 7.51. The molecular weight excluding hydrogens is 355 g/mol. The smallest absolute Gasteiger partial charge is 0.258 e. The molecule has 3 aromatic rings. The lowest BCUT2D eigenvalue weighted by atomic mass is 10.0. The van der Waals surface area contributed by atoms with E-state index >= 15 is 0 Å². The summed E-state index contributed by atoms with van der Waals surface area (Å²) in [5.74, 6) is -0.211. The fourth-order valence-corrected chi connectivity index (χ4v) is 4.09. The van der Waals surface area contributed by atoms with Crippen molar-refractivity contribution < 1.29 is 9.18 Å². The lowest BCUT2D eigenvalue weighted by molar-refractivity contribution is 0.0665. The summed E-state index contributed by atoms with van der Waals surface area (Å²) in [5, 5.41) is 8.26. The summed E-state index contributed by atoms with van der Waals surface area (Å²) < 4.78 is 15.1. The van der Waals surface area contributed by atoms with Gasteiger partial charge in [0.2, 0.25) is 0 Å². The molecule has 1 aliphatic heterocycles. The Labute approximate surface area is 162 Å². The average Bonchev–Trinajstić information content (AvgIpc) is 3.47. The minimum Gasteiger partial charge on any atom is -0.361 e. The normalized spacial score (nSPS) is 18.8. The Bertz CT molecular complexity index is 1070. The largest absolute Gasteiger partial charge is 0.361 e. The van der Waals surface area contributed by atoms with Crippen LogP contribution in [0, 0.1) is 19.7 Å². The van der Waals surface area contributed by atoms with E-state index < -0.39 is 0 Å². The van der Waals surface area contributed by atoms with Crippen LogP contribution < -0.4 is 5.32 Å². The highest BCUT2D eigenvalue weighted by molar-refractivity contribution is 6.02. The second-order valence-corrected chi connectivity index (χ2v) is 7.51. The van der Waals surface area contributed by atoms with Crippen molar-refractivity contribution in [2.45, 2.75) is 38.9 Å². The molecule has 28 heavy (non-hydrogen) atoms. The Morgan fingerprint density at radius 2 is 1.79 bits per heavy atom. The number of rotatable bonds is 3. The molecule has 0 bridgehead atoms. The average molecular weight is 376 g/mol. The monoisotopic (exact) mass is 376 g/mol. The van der Waals surface area contributed by atoms with E-state index in [1.54, 1.807) is 12.1 Å². The first-order chi connectivity index (χ1) is 13.5. The number of amides is 1. The van der Waals surface area contributed by atoms with Crippen LogP contribution in [0.4, 0.5) is 10.1 Å². The maximum Gasteiger partial charge on any atom is 0.258 e. The number of halogens is 1. The van der Waals surface area contributed by atoms with Gasteiger partial charge >= 0.3 is 0 Å². The van der Waals surface area contributed by atoms with E-state index in [0.717, 1.165) is 41.2 Å². The topological polar surface area (TPSA) is 50.2 Å². The highest BCUT2D eigenvalue weighted by Crippen LogP contribution is 2.42. The zero-order valence-electron chi connectivity index (χ0n) is 15.8. The fourth-order valence-electron chi connectivity index (χ4n) is 4.09. The summed E-state index contributed by atoms with van der Waals surface area (Å²) in [6, 6.07) is 14.2. The quantitative estimate of drug-likeness (QED) is 0.739. The van der Waals surface area contributed by atoms with Crippen molar-refractivity contribution in [2.24, 2.45) is 0 Å². The first-order valence-corrected chi connectivity index (χ1v) is 9.55. The zero-order valence-corrected chi connectivity index (χ0v) is 15.8. The van der Waals surface area contributed by atoms with E-state index in [-0.39, 0.29) is 23.9 Å². The predicted octanol–water partition coefficient (Wildman–Crippen LogP) is 4.36. The molecular formula is C22H21FN4O. The van der Waals surface area contributed by atoms with Gasteiger partial charge in [-0.15, -0.1) is 0 Å². The standard InChI is InChI=1S/C22H21FN4O/c1-13-20(14(2)27(25-13)17-9-7-15(23)8-10-17)21-24-19-6-4-3-5-18(19)22(28)26(21)16-11-12-16/h3-10,16,21,24H,11-12H2,1-2H3/t21-/m0/s1. The number of aromatic nitrogens is 2. The molecule has 1 amide bonds. The molecule has 1 aliphatic carbocycles. The van der Waals surface area contributed by atoms with Crippen molar-refractivity contribution in [3.05, 3.63) is 76.9 Å². The molecule has 1 atom stereocenters. The minimum absolute atomic E-state index is 0.0650. The first-order valence-electron chi connectivity index (χ1n) is 9.55. The molecule has 5 rings (SSSR count). The van der Waals surface area contributed by atoms with Crippen molar-refractivity contribution in [1.29, 1.82) is 0 Å². The molecule has 142 valence electrons. The van der Waals surface area contributed by atoms with E-state index in [2.05, 4.69) is 5.32 Å². The number of nitrogens with zero attached hydrogens (tertiary/aromatic N) is 3. The van der Waals surface area contributed by atoms with E-state index in [4.69, 9.17) is 5.10 Å². The number of carbonyl (C=O) groups excluding carboxylic acids is 1. The molecule has 2 aromatic carbocycles. The van der Waals surface area contributed by atoms with Crippen molar-refractivity contribution >= 4 is 11.6 Å². The van der Waals surface area contributed by atoms with Gasteiger partial charge in [-0.05, 0) is 63.1 Å². The van der Waals surface area contributed by atoms with Crippen LogP contribution in [0.1, 0.15) is 46.3 Å². The van der Waals surface area contributed by atoms with Gasteiger partial charge in [0.25, 0.3) is 5.91 Å². The van der Waals surface area contributed by atoms with E-state index in [1.165, 1.54) is 12.1 Å². The van der Waals surface area contributed by atoms with Crippen LogP contribution >= 0.6 is 0 Å². The molecule has 1 saturated carbocycles. The summed E-state index contributed by atoms with van der Waals surface area (Å²) in [4.78, 5) is 15.2. The molecule has 1 aromatic heterocycles. The first kappa shape index (κ1) is 17.0. The molecule has 0 saturated heterocycles. The Hall–Kier alpha value is -3.15. The SMILES string of the molecule is Cc1nn(-c2ccc(F)cc2)c(C)c1[C@H]1Nc2ccccc2C(=O)N1C1CC1. The van der Waals surface area contributed by atoms with Crippen LogP contribution in [-0.4, -0.2) is 26.6 Å². The third kappa shape index (κ3) is 2.59. The van der Waals surface area contributed by atoms with Crippen LogP contribution in [0.3, 0.4) is 0 Å². The Morgan fingerprint density at radius 3 is 2.50 bits per heavy atom. The molecule has 1 fully saturated rings. The third-order valence-electron chi connectivity index (χ3n) is 5.59. The lowest BCUT2D eigenvalue weighted by Gasteiger charge is -2.38. The number of carbonyl (C=O) groups is 1. The molecule has 5 nitrogen and oxygen atoms in total. The summed E-state index contributed by atoms with van der Waals surface area (Å²) in [6.45, 7) is 3.95. The van der Waals surface area contributed by atoms with Crippen LogP contribution in [0.15, 0.2) is 48.5 Å². The zero-order chi connectivity index (χ0) is 19.4. The van der Waals surface area contributed by atoms with E-state index in [1.807, 2.05) is 47.7 Å². The third-order valence-corrected chi connectivity index (χ3v) is 5.59. The number of aryl methyl sites for hydroxylation is 1. The maximum atomic E-state index is 13.3. The molecule has 0 radical (unpaired) electrons. The predicted molar refractivity (Wildman–Crippen MR) is 105 cm³/mol. The van der Waals surface area contributed by atoms with Crippen LogP contribution in [0.25, 0.3) is 5.69 Å². The van der Waals surface area contributed by atoms with Gasteiger partial charge in [0.1, 0.15) is 12.0 Å². The summed E-state index contributed by atoms with van der Waals surface area (Å²) >= 11 is 0. The molecule has 2 heterocycles. The maximum absolute atomic E-state index is 13.3. The van der Waals surface area contributed by atoms with Crippen LogP contribution in [-0.2, 0) is 0 Å². The Kier molecular flexibility index (Phi) is 3.75. The highest BCUT2D eigenvalue weighted by Gasteiger charge is 2.43.